The van der Waals surface area contributed by atoms with Crippen molar-refractivity contribution in [2.45, 2.75) is 54.3 Å². The lowest BCUT2D eigenvalue weighted by Crippen LogP contribution is -2.20. The van der Waals surface area contributed by atoms with Gasteiger partial charge in [-0.2, -0.15) is 4.39 Å². The molecule has 2 aromatic rings. The van der Waals surface area contributed by atoms with Crippen molar-refractivity contribution in [3.8, 4) is 16.9 Å². The summed E-state index contributed by atoms with van der Waals surface area (Å²) in [5.41, 5.74) is 2.12. The van der Waals surface area contributed by atoms with Crippen LogP contribution in [0.4, 0.5) is 8.78 Å². The van der Waals surface area contributed by atoms with Crippen molar-refractivity contribution in [1.82, 2.24) is 0 Å². The molecule has 0 atom stereocenters. The Bertz CT molecular complexity index is 586. The lowest BCUT2D eigenvalue weighted by molar-refractivity contribution is -0.0256. The number of halogens is 2. The quantitative estimate of drug-likeness (QED) is 0.595. The maximum atomic E-state index is 13.8. The number of rotatable bonds is 3. The van der Waals surface area contributed by atoms with Gasteiger partial charge in [-0.3, -0.25) is 0 Å². The summed E-state index contributed by atoms with van der Waals surface area (Å²) < 4.78 is 32.4. The van der Waals surface area contributed by atoms with E-state index in [1.807, 2.05) is 34.6 Å². The average molecular weight is 322 g/mol. The van der Waals surface area contributed by atoms with Crippen molar-refractivity contribution >= 4 is 0 Å². The van der Waals surface area contributed by atoms with Crippen molar-refractivity contribution < 1.29 is 13.5 Å². The minimum atomic E-state index is -1.76. The first-order chi connectivity index (χ1) is 10.8. The van der Waals surface area contributed by atoms with Gasteiger partial charge in [-0.05, 0) is 36.8 Å². The summed E-state index contributed by atoms with van der Waals surface area (Å²) in [7, 11) is 0. The average Bonchev–Trinajstić information content (AvgIpc) is 2.52. The van der Waals surface area contributed by atoms with Gasteiger partial charge in [0.25, 0.3) is 0 Å². The van der Waals surface area contributed by atoms with E-state index in [0.29, 0.717) is 16.9 Å². The Hall–Kier alpha value is -1.90. The zero-order chi connectivity index (χ0) is 18.0. The molecule has 0 saturated carbocycles. The van der Waals surface area contributed by atoms with Crippen molar-refractivity contribution in [3.63, 3.8) is 0 Å². The highest BCUT2D eigenvalue weighted by Gasteiger charge is 2.17. The van der Waals surface area contributed by atoms with E-state index in [9.17, 15) is 8.78 Å². The van der Waals surface area contributed by atoms with E-state index in [4.69, 9.17) is 4.74 Å². The summed E-state index contributed by atoms with van der Waals surface area (Å²) in [6.45, 7) is 12.5. The Labute approximate surface area is 139 Å². The molecule has 0 spiro atoms. The summed E-state index contributed by atoms with van der Waals surface area (Å²) in [6.07, 6.45) is 0. The molecule has 2 aromatic carbocycles. The molecule has 0 fully saturated rings. The molecule has 0 bridgehead atoms. The number of benzene rings is 2. The third-order valence-electron chi connectivity index (χ3n) is 2.63. The van der Waals surface area contributed by atoms with Crippen LogP contribution in [0.15, 0.2) is 42.5 Å². The van der Waals surface area contributed by atoms with E-state index in [2.05, 4.69) is 0 Å². The summed E-state index contributed by atoms with van der Waals surface area (Å²) >= 11 is 0. The third-order valence-corrected chi connectivity index (χ3v) is 2.63. The van der Waals surface area contributed by atoms with Crippen molar-refractivity contribution in [1.29, 1.82) is 0 Å². The maximum absolute atomic E-state index is 13.8. The molecule has 0 aliphatic heterocycles. The van der Waals surface area contributed by atoms with Gasteiger partial charge in [-0.15, -0.1) is 0 Å². The molecule has 0 aliphatic rings. The molecular weight excluding hydrogens is 294 g/mol. The predicted octanol–water partition coefficient (Wildman–Crippen LogP) is 6.94. The lowest BCUT2D eigenvalue weighted by Gasteiger charge is -2.17. The molecule has 0 unspecified atom stereocenters. The lowest BCUT2D eigenvalue weighted by atomic mass is 10.0. The van der Waals surface area contributed by atoms with Crippen molar-refractivity contribution in [3.05, 3.63) is 53.8 Å². The highest BCUT2D eigenvalue weighted by atomic mass is 19.2. The fraction of sp³-hybridized carbons (Fsp3) is 0.400. The summed E-state index contributed by atoms with van der Waals surface area (Å²) in [5, 5.41) is 0. The first-order valence-electron chi connectivity index (χ1n) is 8.10. The van der Waals surface area contributed by atoms with Gasteiger partial charge in [0.05, 0.1) is 0 Å². The van der Waals surface area contributed by atoms with Gasteiger partial charge in [0.15, 0.2) is 0 Å². The topological polar surface area (TPSA) is 9.23 Å². The van der Waals surface area contributed by atoms with Crippen LogP contribution in [0.25, 0.3) is 11.1 Å². The molecule has 0 aromatic heterocycles. The van der Waals surface area contributed by atoms with Crippen LogP contribution in [0.1, 0.15) is 47.1 Å². The zero-order valence-corrected chi connectivity index (χ0v) is 15.2. The Morgan fingerprint density at radius 3 is 2.09 bits per heavy atom. The molecule has 0 saturated heterocycles. The molecule has 0 amide bonds. The van der Waals surface area contributed by atoms with Gasteiger partial charge in [-0.1, -0.05) is 51.5 Å². The Kier molecular flexibility index (Phi) is 9.16. The van der Waals surface area contributed by atoms with Gasteiger partial charge in [-0.25, -0.2) is 4.39 Å². The fourth-order valence-electron chi connectivity index (χ4n) is 1.87. The Balaban J connectivity index is 0.00000112. The maximum Gasteiger partial charge on any atom is 0.242 e. The highest BCUT2D eigenvalue weighted by Crippen LogP contribution is 2.28. The van der Waals surface area contributed by atoms with Crippen LogP contribution in [0.3, 0.4) is 0 Å². The van der Waals surface area contributed by atoms with E-state index in [1.165, 1.54) is 19.9 Å². The molecular formula is C20H28F2O. The monoisotopic (exact) mass is 322 g/mol. The van der Waals surface area contributed by atoms with Crippen LogP contribution in [-0.4, -0.2) is 5.85 Å². The fourth-order valence-corrected chi connectivity index (χ4v) is 1.87. The van der Waals surface area contributed by atoms with Crippen LogP contribution in [0.5, 0.6) is 5.75 Å². The molecule has 0 N–H and O–H groups in total. The molecule has 1 nitrogen and oxygen atoms in total. The molecule has 0 heterocycles. The first-order valence-corrected chi connectivity index (χ1v) is 8.10. The summed E-state index contributed by atoms with van der Waals surface area (Å²) in [5.74, 6) is -1.68. The molecule has 23 heavy (non-hydrogen) atoms. The second-order valence-corrected chi connectivity index (χ2v) is 4.98. The largest absolute Gasteiger partial charge is 0.459 e. The predicted molar refractivity (Wildman–Crippen MR) is 95.1 cm³/mol. The minimum absolute atomic E-state index is 0.303. The third kappa shape index (κ3) is 7.27. The van der Waals surface area contributed by atoms with Crippen LogP contribution in [-0.2, 0) is 0 Å². The number of aryl methyl sites for hydroxylation is 1. The van der Waals surface area contributed by atoms with Crippen LogP contribution < -0.4 is 4.74 Å². The van der Waals surface area contributed by atoms with Gasteiger partial charge in [0.2, 0.25) is 5.85 Å². The van der Waals surface area contributed by atoms with Gasteiger partial charge >= 0.3 is 0 Å². The van der Waals surface area contributed by atoms with E-state index < -0.39 is 5.85 Å². The second kappa shape index (κ2) is 9.98. The van der Waals surface area contributed by atoms with E-state index in [1.54, 1.807) is 36.4 Å². The van der Waals surface area contributed by atoms with Crippen LogP contribution in [0.2, 0.25) is 0 Å². The van der Waals surface area contributed by atoms with Gasteiger partial charge in [0.1, 0.15) is 11.6 Å². The molecule has 3 heteroatoms. The molecule has 0 aliphatic carbocycles. The van der Waals surface area contributed by atoms with Crippen LogP contribution in [0, 0.1) is 12.7 Å². The first kappa shape index (κ1) is 21.1. The highest BCUT2D eigenvalue weighted by molar-refractivity contribution is 5.66. The van der Waals surface area contributed by atoms with Crippen LogP contribution >= 0.6 is 0 Å². The van der Waals surface area contributed by atoms with Crippen molar-refractivity contribution in [2.24, 2.45) is 0 Å². The van der Waals surface area contributed by atoms with E-state index >= 15 is 0 Å². The molecule has 128 valence electrons. The molecule has 0 radical (unpaired) electrons. The normalized spacial score (nSPS) is 9.96. The minimum Gasteiger partial charge on any atom is -0.459 e. The van der Waals surface area contributed by atoms with Gasteiger partial charge in [0, 0.05) is 19.4 Å². The smallest absolute Gasteiger partial charge is 0.242 e. The number of hydrogen-bond donors (Lipinski definition) is 0. The number of ether oxygens (including phenoxy) is 1. The number of alkyl halides is 1. The van der Waals surface area contributed by atoms with E-state index in [0.717, 1.165) is 5.56 Å². The standard InChI is InChI=1S/C16H16F2O.2C2H6/c1-11-7-8-15(17)14(9-11)12-5-4-6-13(10-12)19-16(2,3)18;2*1-2/h4-10H,1-3H3;2*1-2H3. The summed E-state index contributed by atoms with van der Waals surface area (Å²) in [4.78, 5) is 0. The number of hydrogen-bond acceptors (Lipinski definition) is 1. The second-order valence-electron chi connectivity index (χ2n) is 4.98. The van der Waals surface area contributed by atoms with E-state index in [-0.39, 0.29) is 5.82 Å². The molecule has 2 rings (SSSR count). The SMILES string of the molecule is CC.CC.Cc1ccc(F)c(-c2cccc(OC(C)(C)F)c2)c1. The zero-order valence-electron chi connectivity index (χ0n) is 15.2. The van der Waals surface area contributed by atoms with Crippen molar-refractivity contribution in [2.75, 3.05) is 0 Å². The van der Waals surface area contributed by atoms with Gasteiger partial charge < -0.3 is 4.74 Å². The Morgan fingerprint density at radius 2 is 1.52 bits per heavy atom. The summed E-state index contributed by atoms with van der Waals surface area (Å²) in [6, 6.07) is 11.7. The Morgan fingerprint density at radius 1 is 0.913 bits per heavy atom.